The van der Waals surface area contributed by atoms with Crippen LogP contribution in [0.25, 0.3) is 16.8 Å². The highest BCUT2D eigenvalue weighted by molar-refractivity contribution is 9.10. The van der Waals surface area contributed by atoms with Crippen molar-refractivity contribution in [3.63, 3.8) is 0 Å². The van der Waals surface area contributed by atoms with Gasteiger partial charge in [0.2, 0.25) is 0 Å². The van der Waals surface area contributed by atoms with Gasteiger partial charge in [0.1, 0.15) is 5.75 Å². The summed E-state index contributed by atoms with van der Waals surface area (Å²) < 4.78 is 6.41. The van der Waals surface area contributed by atoms with E-state index in [4.69, 9.17) is 4.74 Å². The number of carbonyl (C=O) groups is 1. The van der Waals surface area contributed by atoms with Crippen LogP contribution in [0.3, 0.4) is 0 Å². The predicted octanol–water partition coefficient (Wildman–Crippen LogP) is 4.80. The number of hydrazone groups is 1. The molecule has 0 unspecified atom stereocenters. The van der Waals surface area contributed by atoms with Gasteiger partial charge in [-0.2, -0.15) is 5.10 Å². The van der Waals surface area contributed by atoms with Gasteiger partial charge in [0.25, 0.3) is 5.91 Å². The molecule has 0 radical (unpaired) electrons. The molecule has 0 bridgehead atoms. The van der Waals surface area contributed by atoms with E-state index in [-0.39, 0.29) is 12.5 Å². The summed E-state index contributed by atoms with van der Waals surface area (Å²) in [6.45, 7) is -0.114. The van der Waals surface area contributed by atoms with E-state index in [1.165, 1.54) is 6.21 Å². The van der Waals surface area contributed by atoms with Crippen LogP contribution >= 0.6 is 15.9 Å². The van der Waals surface area contributed by atoms with E-state index in [9.17, 15) is 4.79 Å². The van der Waals surface area contributed by atoms with Crippen molar-refractivity contribution in [2.75, 3.05) is 6.61 Å². The van der Waals surface area contributed by atoms with Crippen LogP contribution in [0.4, 0.5) is 0 Å². The minimum absolute atomic E-state index is 0.114. The second-order valence-corrected chi connectivity index (χ2v) is 6.26. The number of ether oxygens (including phenoxy) is 1. The fraction of sp³-hybridized carbons (Fsp3) is 0.0476. The number of hydrogen-bond acceptors (Lipinski definition) is 3. The smallest absolute Gasteiger partial charge is 0.277 e. The lowest BCUT2D eigenvalue weighted by Gasteiger charge is -2.09. The Kier molecular flexibility index (Phi) is 6.17. The van der Waals surface area contributed by atoms with Crippen LogP contribution in [-0.4, -0.2) is 18.7 Å². The normalized spacial score (nSPS) is 11.3. The first kappa shape index (κ1) is 17.9. The van der Waals surface area contributed by atoms with E-state index in [2.05, 4.69) is 26.5 Å². The molecule has 1 amide bonds. The predicted molar refractivity (Wildman–Crippen MR) is 109 cm³/mol. The molecule has 26 heavy (non-hydrogen) atoms. The minimum atomic E-state index is -0.325. The number of nitrogens with zero attached hydrogens (tertiary/aromatic N) is 1. The topological polar surface area (TPSA) is 50.7 Å². The Balaban J connectivity index is 1.50. The first-order valence-electron chi connectivity index (χ1n) is 8.08. The lowest BCUT2D eigenvalue weighted by atomic mass is 10.1. The SMILES string of the molecule is O=C(COc1ccc2ccccc2c1Br)N/N=C/C=C/c1ccccc1. The number of allylic oxidation sites excluding steroid dienone is 1. The molecule has 4 nitrogen and oxygen atoms in total. The molecule has 0 spiro atoms. The van der Waals surface area contributed by atoms with Gasteiger partial charge in [0.05, 0.1) is 4.47 Å². The summed E-state index contributed by atoms with van der Waals surface area (Å²) in [4.78, 5) is 11.8. The summed E-state index contributed by atoms with van der Waals surface area (Å²) in [7, 11) is 0. The van der Waals surface area contributed by atoms with Crippen molar-refractivity contribution in [3.05, 3.63) is 82.8 Å². The maximum absolute atomic E-state index is 11.8. The monoisotopic (exact) mass is 408 g/mol. The molecule has 0 atom stereocenters. The van der Waals surface area contributed by atoms with Crippen molar-refractivity contribution < 1.29 is 9.53 Å². The summed E-state index contributed by atoms with van der Waals surface area (Å²) in [5.41, 5.74) is 3.50. The number of amides is 1. The number of hydrogen-bond donors (Lipinski definition) is 1. The van der Waals surface area contributed by atoms with Crippen LogP contribution in [0.1, 0.15) is 5.56 Å². The number of halogens is 1. The molecular weight excluding hydrogens is 392 g/mol. The molecule has 0 heterocycles. The maximum atomic E-state index is 11.8. The van der Waals surface area contributed by atoms with Crippen LogP contribution in [0.15, 0.2) is 82.4 Å². The van der Waals surface area contributed by atoms with Crippen LogP contribution in [-0.2, 0) is 4.79 Å². The van der Waals surface area contributed by atoms with Gasteiger partial charge in [0, 0.05) is 6.21 Å². The van der Waals surface area contributed by atoms with Crippen molar-refractivity contribution in [1.82, 2.24) is 5.43 Å². The number of rotatable bonds is 6. The second kappa shape index (κ2) is 8.97. The molecule has 1 N–H and O–H groups in total. The third-order valence-corrected chi connectivity index (χ3v) is 4.44. The number of benzene rings is 3. The molecule has 3 rings (SSSR count). The van der Waals surface area contributed by atoms with Crippen LogP contribution in [0.5, 0.6) is 5.75 Å². The van der Waals surface area contributed by atoms with Crippen LogP contribution < -0.4 is 10.2 Å². The van der Waals surface area contributed by atoms with Crippen molar-refractivity contribution in [3.8, 4) is 5.75 Å². The summed E-state index contributed by atoms with van der Waals surface area (Å²) in [5.74, 6) is 0.293. The van der Waals surface area contributed by atoms with E-state index in [0.29, 0.717) is 5.75 Å². The number of nitrogens with one attached hydrogen (secondary N) is 1. The third-order valence-electron chi connectivity index (χ3n) is 3.62. The van der Waals surface area contributed by atoms with Gasteiger partial charge < -0.3 is 4.74 Å². The van der Waals surface area contributed by atoms with Crippen molar-refractivity contribution in [1.29, 1.82) is 0 Å². The van der Waals surface area contributed by atoms with Gasteiger partial charge in [-0.3, -0.25) is 4.79 Å². The average molecular weight is 409 g/mol. The van der Waals surface area contributed by atoms with E-state index in [1.807, 2.05) is 72.8 Å². The lowest BCUT2D eigenvalue weighted by Crippen LogP contribution is -2.24. The van der Waals surface area contributed by atoms with Crippen LogP contribution in [0, 0.1) is 0 Å². The summed E-state index contributed by atoms with van der Waals surface area (Å²) in [6.07, 6.45) is 5.19. The largest absolute Gasteiger partial charge is 0.483 e. The number of fused-ring (bicyclic) bond motifs is 1. The molecule has 0 saturated carbocycles. The third kappa shape index (κ3) is 4.80. The van der Waals surface area contributed by atoms with E-state index in [1.54, 1.807) is 6.08 Å². The Morgan fingerprint density at radius 3 is 2.65 bits per heavy atom. The summed E-state index contributed by atoms with van der Waals surface area (Å²) in [5, 5.41) is 6.01. The Hall–Kier alpha value is -2.92. The first-order valence-corrected chi connectivity index (χ1v) is 8.87. The van der Waals surface area contributed by atoms with Crippen LogP contribution in [0.2, 0.25) is 0 Å². The fourth-order valence-electron chi connectivity index (χ4n) is 2.37. The summed E-state index contributed by atoms with van der Waals surface area (Å²) in [6, 6.07) is 21.6. The molecule has 0 fully saturated rings. The summed E-state index contributed by atoms with van der Waals surface area (Å²) >= 11 is 3.53. The molecule has 0 aliphatic heterocycles. The van der Waals surface area contributed by atoms with E-state index < -0.39 is 0 Å². The average Bonchev–Trinajstić information content (AvgIpc) is 2.68. The first-order chi connectivity index (χ1) is 12.7. The zero-order valence-corrected chi connectivity index (χ0v) is 15.5. The van der Waals surface area contributed by atoms with Gasteiger partial charge in [0.15, 0.2) is 6.61 Å². The highest BCUT2D eigenvalue weighted by Gasteiger charge is 2.08. The zero-order valence-electron chi connectivity index (χ0n) is 13.9. The molecular formula is C21H17BrN2O2. The van der Waals surface area contributed by atoms with Gasteiger partial charge in [-0.15, -0.1) is 0 Å². The van der Waals surface area contributed by atoms with Gasteiger partial charge in [-0.05, 0) is 44.4 Å². The standard InChI is InChI=1S/C21H17BrN2O2/c22-21-18-11-5-4-10-17(18)12-13-19(21)26-15-20(25)24-23-14-6-9-16-7-2-1-3-8-16/h1-14H,15H2,(H,24,25)/b9-6+,23-14+. The second-order valence-electron chi connectivity index (χ2n) is 5.47. The Morgan fingerprint density at radius 2 is 1.81 bits per heavy atom. The lowest BCUT2D eigenvalue weighted by molar-refractivity contribution is -0.123. The van der Waals surface area contributed by atoms with E-state index >= 15 is 0 Å². The molecule has 0 aliphatic rings. The molecule has 0 aliphatic carbocycles. The Morgan fingerprint density at radius 1 is 1.04 bits per heavy atom. The van der Waals surface area contributed by atoms with Crippen molar-refractivity contribution in [2.45, 2.75) is 0 Å². The molecule has 3 aromatic carbocycles. The zero-order chi connectivity index (χ0) is 18.2. The highest BCUT2D eigenvalue weighted by atomic mass is 79.9. The van der Waals surface area contributed by atoms with Crippen molar-refractivity contribution in [2.24, 2.45) is 5.10 Å². The number of carbonyl (C=O) groups excluding carboxylic acids is 1. The van der Waals surface area contributed by atoms with Gasteiger partial charge in [-0.1, -0.05) is 66.7 Å². The minimum Gasteiger partial charge on any atom is -0.483 e. The van der Waals surface area contributed by atoms with Gasteiger partial charge >= 0.3 is 0 Å². The van der Waals surface area contributed by atoms with E-state index in [0.717, 1.165) is 20.8 Å². The molecule has 0 saturated heterocycles. The highest BCUT2D eigenvalue weighted by Crippen LogP contribution is 2.32. The van der Waals surface area contributed by atoms with Gasteiger partial charge in [-0.25, -0.2) is 5.43 Å². The Bertz CT molecular complexity index is 953. The molecule has 3 aromatic rings. The Labute approximate surface area is 160 Å². The quantitative estimate of drug-likeness (QED) is 0.470. The molecule has 5 heteroatoms. The van der Waals surface area contributed by atoms with Crippen molar-refractivity contribution >= 4 is 44.9 Å². The molecule has 0 aromatic heterocycles. The molecule has 130 valence electrons. The maximum Gasteiger partial charge on any atom is 0.277 e. The fourth-order valence-corrected chi connectivity index (χ4v) is 2.98.